The van der Waals surface area contributed by atoms with Crippen molar-refractivity contribution in [3.05, 3.63) is 71.8 Å². The molecule has 0 bridgehead atoms. The zero-order valence-corrected chi connectivity index (χ0v) is 13.4. The fraction of sp³-hybridized carbons (Fsp3) is 0.158. The Morgan fingerprint density at radius 1 is 1.04 bits per heavy atom. The van der Waals surface area contributed by atoms with Gasteiger partial charge in [0.15, 0.2) is 0 Å². The molecule has 0 aromatic heterocycles. The summed E-state index contributed by atoms with van der Waals surface area (Å²) in [6, 6.07) is 14.2. The Balaban J connectivity index is 1.66. The number of amides is 2. The zero-order valence-electron chi connectivity index (χ0n) is 13.4. The third-order valence-electron chi connectivity index (χ3n) is 3.77. The smallest absolute Gasteiger partial charge is 0.255 e. The first-order chi connectivity index (χ1) is 11.6. The van der Waals surface area contributed by atoms with Crippen LogP contribution in [0.2, 0.25) is 0 Å². The maximum absolute atomic E-state index is 12.3. The molecule has 0 radical (unpaired) electrons. The topological polar surface area (TPSA) is 70.2 Å². The number of carbonyl (C=O) groups excluding carboxylic acids is 2. The zero-order chi connectivity index (χ0) is 16.9. The predicted octanol–water partition coefficient (Wildman–Crippen LogP) is 2.71. The van der Waals surface area contributed by atoms with Gasteiger partial charge in [0, 0.05) is 23.5 Å². The summed E-state index contributed by atoms with van der Waals surface area (Å²) in [5.41, 5.74) is 2.97. The summed E-state index contributed by atoms with van der Waals surface area (Å²) in [6.07, 6.45) is 3.75. The molecule has 2 aromatic carbocycles. The Bertz CT molecular complexity index is 781. The average molecular weight is 321 g/mol. The van der Waals surface area contributed by atoms with E-state index >= 15 is 0 Å². The van der Waals surface area contributed by atoms with Gasteiger partial charge < -0.3 is 10.6 Å². The van der Waals surface area contributed by atoms with E-state index in [-0.39, 0.29) is 17.9 Å². The highest BCUT2D eigenvalue weighted by Crippen LogP contribution is 2.17. The molecular weight excluding hydrogens is 302 g/mol. The highest BCUT2D eigenvalue weighted by atomic mass is 16.2. The maximum atomic E-state index is 12.3. The molecule has 0 aliphatic carbocycles. The van der Waals surface area contributed by atoms with Crippen molar-refractivity contribution >= 4 is 23.2 Å². The largest absolute Gasteiger partial charge is 0.324 e. The van der Waals surface area contributed by atoms with E-state index in [1.54, 1.807) is 36.4 Å². The van der Waals surface area contributed by atoms with Crippen molar-refractivity contribution in [2.75, 3.05) is 17.2 Å². The Morgan fingerprint density at radius 2 is 1.75 bits per heavy atom. The summed E-state index contributed by atoms with van der Waals surface area (Å²) in [7, 11) is 0. The van der Waals surface area contributed by atoms with Gasteiger partial charge in [0.25, 0.3) is 5.91 Å². The first-order valence-electron chi connectivity index (χ1n) is 7.81. The minimum absolute atomic E-state index is 0.120. The lowest BCUT2D eigenvalue weighted by Crippen LogP contribution is -2.35. The Kier molecular flexibility index (Phi) is 4.72. The van der Waals surface area contributed by atoms with Gasteiger partial charge in [-0.2, -0.15) is 0 Å². The van der Waals surface area contributed by atoms with Gasteiger partial charge >= 0.3 is 0 Å². The van der Waals surface area contributed by atoms with E-state index in [1.165, 1.54) is 0 Å². The van der Waals surface area contributed by atoms with Gasteiger partial charge in [0.05, 0.1) is 0 Å². The first-order valence-corrected chi connectivity index (χ1v) is 7.81. The van der Waals surface area contributed by atoms with Gasteiger partial charge in [-0.05, 0) is 37.3 Å². The van der Waals surface area contributed by atoms with Crippen LogP contribution in [0.1, 0.15) is 15.9 Å². The van der Waals surface area contributed by atoms with E-state index in [9.17, 15) is 9.59 Å². The quantitative estimate of drug-likeness (QED) is 0.758. The van der Waals surface area contributed by atoms with Crippen LogP contribution in [-0.2, 0) is 4.79 Å². The number of benzene rings is 2. The fourth-order valence-corrected chi connectivity index (χ4v) is 2.45. The second kappa shape index (κ2) is 7.10. The molecular formula is C19H19N3O2. The standard InChI is InChI=1S/C19H19N3O2/c1-13-7-9-14(10-8-13)18(23)21-15-4-2-5-16(12-15)22-19(24)17-6-3-11-20-17/h2-10,12,17,20H,11H2,1H3,(H,21,23)(H,22,24)/t17-/m1/s1. The molecule has 3 N–H and O–H groups in total. The molecule has 0 saturated heterocycles. The van der Waals surface area contributed by atoms with E-state index < -0.39 is 0 Å². The second-order valence-corrected chi connectivity index (χ2v) is 5.70. The Morgan fingerprint density at radius 3 is 2.42 bits per heavy atom. The summed E-state index contributed by atoms with van der Waals surface area (Å²) < 4.78 is 0. The normalized spacial score (nSPS) is 16.0. The van der Waals surface area contributed by atoms with Crippen molar-refractivity contribution in [2.45, 2.75) is 13.0 Å². The number of hydrogen-bond acceptors (Lipinski definition) is 3. The van der Waals surface area contributed by atoms with Crippen LogP contribution in [-0.4, -0.2) is 24.4 Å². The monoisotopic (exact) mass is 321 g/mol. The van der Waals surface area contributed by atoms with E-state index in [1.807, 2.05) is 31.2 Å². The lowest BCUT2D eigenvalue weighted by atomic mass is 10.1. The van der Waals surface area contributed by atoms with E-state index in [0.29, 0.717) is 23.5 Å². The highest BCUT2D eigenvalue weighted by molar-refractivity contribution is 6.05. The molecule has 0 unspecified atom stereocenters. The number of anilines is 2. The van der Waals surface area contributed by atoms with Gasteiger partial charge in [0.2, 0.25) is 5.91 Å². The molecule has 1 aliphatic heterocycles. The van der Waals surface area contributed by atoms with Crippen LogP contribution in [0.5, 0.6) is 0 Å². The predicted molar refractivity (Wildman–Crippen MR) is 95.1 cm³/mol. The summed E-state index contributed by atoms with van der Waals surface area (Å²) in [5, 5.41) is 8.74. The summed E-state index contributed by atoms with van der Waals surface area (Å²) in [5.74, 6) is -0.301. The van der Waals surface area contributed by atoms with E-state index in [0.717, 1.165) is 5.56 Å². The molecule has 2 aromatic rings. The highest BCUT2D eigenvalue weighted by Gasteiger charge is 2.17. The molecule has 3 rings (SSSR count). The third kappa shape index (κ3) is 3.88. The first kappa shape index (κ1) is 16.0. The maximum Gasteiger partial charge on any atom is 0.255 e. The molecule has 1 aliphatic rings. The fourth-order valence-electron chi connectivity index (χ4n) is 2.45. The van der Waals surface area contributed by atoms with Crippen LogP contribution < -0.4 is 16.0 Å². The van der Waals surface area contributed by atoms with Gasteiger partial charge in [-0.25, -0.2) is 0 Å². The molecule has 0 saturated carbocycles. The van der Waals surface area contributed by atoms with Gasteiger partial charge in [-0.1, -0.05) is 35.9 Å². The van der Waals surface area contributed by atoms with Crippen molar-refractivity contribution in [1.82, 2.24) is 5.32 Å². The number of aryl methyl sites for hydroxylation is 1. The minimum atomic E-state index is -0.309. The third-order valence-corrected chi connectivity index (χ3v) is 3.77. The lowest BCUT2D eigenvalue weighted by molar-refractivity contribution is -0.116. The molecule has 1 heterocycles. The second-order valence-electron chi connectivity index (χ2n) is 5.70. The van der Waals surface area contributed by atoms with Crippen LogP contribution in [0.15, 0.2) is 60.7 Å². The minimum Gasteiger partial charge on any atom is -0.324 e. The average Bonchev–Trinajstić information content (AvgIpc) is 3.10. The van der Waals surface area contributed by atoms with Gasteiger partial charge in [0.1, 0.15) is 6.04 Å². The van der Waals surface area contributed by atoms with Crippen molar-refractivity contribution < 1.29 is 9.59 Å². The molecule has 0 spiro atoms. The summed E-state index contributed by atoms with van der Waals surface area (Å²) in [4.78, 5) is 24.3. The molecule has 1 atom stereocenters. The number of nitrogens with one attached hydrogen (secondary N) is 3. The van der Waals surface area contributed by atoms with Crippen LogP contribution in [0.3, 0.4) is 0 Å². The summed E-state index contributed by atoms with van der Waals surface area (Å²) >= 11 is 0. The lowest BCUT2D eigenvalue weighted by Gasteiger charge is -2.12. The van der Waals surface area contributed by atoms with Crippen molar-refractivity contribution in [2.24, 2.45) is 0 Å². The van der Waals surface area contributed by atoms with Crippen molar-refractivity contribution in [3.63, 3.8) is 0 Å². The molecule has 24 heavy (non-hydrogen) atoms. The number of rotatable bonds is 4. The van der Waals surface area contributed by atoms with Crippen LogP contribution >= 0.6 is 0 Å². The van der Waals surface area contributed by atoms with E-state index in [4.69, 9.17) is 0 Å². The van der Waals surface area contributed by atoms with Crippen LogP contribution in [0.25, 0.3) is 0 Å². The molecule has 5 heteroatoms. The van der Waals surface area contributed by atoms with Crippen molar-refractivity contribution in [1.29, 1.82) is 0 Å². The summed E-state index contributed by atoms with van der Waals surface area (Å²) in [6.45, 7) is 2.67. The molecule has 2 amide bonds. The van der Waals surface area contributed by atoms with Crippen LogP contribution in [0.4, 0.5) is 11.4 Å². The van der Waals surface area contributed by atoms with Gasteiger partial charge in [-0.15, -0.1) is 0 Å². The molecule has 0 fully saturated rings. The van der Waals surface area contributed by atoms with E-state index in [2.05, 4.69) is 16.0 Å². The number of carbonyl (C=O) groups is 2. The van der Waals surface area contributed by atoms with Gasteiger partial charge in [-0.3, -0.25) is 14.9 Å². The molecule has 122 valence electrons. The Hall–Kier alpha value is -2.92. The van der Waals surface area contributed by atoms with Crippen LogP contribution in [0, 0.1) is 6.92 Å². The van der Waals surface area contributed by atoms with Crippen molar-refractivity contribution in [3.8, 4) is 0 Å². The molecule has 5 nitrogen and oxygen atoms in total. The SMILES string of the molecule is Cc1ccc(C(=O)Nc2cccc(NC(=O)[C@H]3C=CCN3)c2)cc1. The Labute approximate surface area is 140 Å². The number of hydrogen-bond donors (Lipinski definition) is 3.